The average Bonchev–Trinajstić information content (AvgIpc) is 2.97. The average molecular weight is 334 g/mol. The zero-order valence-corrected chi connectivity index (χ0v) is 14.0. The minimum Gasteiger partial charge on any atom is -0.493 e. The molecule has 0 N–H and O–H groups in total. The highest BCUT2D eigenvalue weighted by molar-refractivity contribution is 5.85. The van der Waals surface area contributed by atoms with Crippen molar-refractivity contribution < 1.29 is 9.13 Å². The molecular weight excluding hydrogens is 313 g/mol. The third-order valence-electron chi connectivity index (χ3n) is 3.83. The van der Waals surface area contributed by atoms with Crippen molar-refractivity contribution in [1.82, 2.24) is 4.90 Å². The second kappa shape index (κ2) is 8.14. The molecule has 1 heterocycles. The first-order chi connectivity index (χ1) is 10.7. The first kappa shape index (κ1) is 17.5. The highest BCUT2D eigenvalue weighted by Crippen LogP contribution is 2.26. The number of benzene rings is 2. The van der Waals surface area contributed by atoms with Crippen LogP contribution in [-0.4, -0.2) is 25.1 Å². The number of hydrogen-bond acceptors (Lipinski definition) is 2. The van der Waals surface area contributed by atoms with Crippen molar-refractivity contribution in [2.24, 2.45) is 0 Å². The number of rotatable bonds is 5. The zero-order chi connectivity index (χ0) is 15.4. The van der Waals surface area contributed by atoms with Gasteiger partial charge in [0.05, 0.1) is 6.61 Å². The number of likely N-dealkylation sites (N-methyl/N-ethyl adjacent to an activating group) is 1. The highest BCUT2D eigenvalue weighted by Gasteiger charge is 2.12. The van der Waals surface area contributed by atoms with Crippen molar-refractivity contribution in [2.75, 3.05) is 20.2 Å². The Balaban J connectivity index is 0.00000192. The Bertz CT molecular complexity index is 687. The van der Waals surface area contributed by atoms with Crippen LogP contribution in [0.2, 0.25) is 0 Å². The molecule has 0 bridgehead atoms. The van der Waals surface area contributed by atoms with Crippen molar-refractivity contribution in [2.45, 2.75) is 13.0 Å². The van der Waals surface area contributed by atoms with Crippen LogP contribution in [0.25, 0.3) is 6.08 Å². The van der Waals surface area contributed by atoms with Crippen molar-refractivity contribution in [1.29, 1.82) is 0 Å². The van der Waals surface area contributed by atoms with Gasteiger partial charge in [0.15, 0.2) is 0 Å². The van der Waals surface area contributed by atoms with Crippen LogP contribution in [0.3, 0.4) is 0 Å². The van der Waals surface area contributed by atoms with E-state index in [1.165, 1.54) is 17.2 Å². The fraction of sp³-hybridized carbons (Fsp3) is 0.263. The van der Waals surface area contributed by atoms with E-state index in [1.54, 1.807) is 12.1 Å². The molecule has 0 fully saturated rings. The van der Waals surface area contributed by atoms with Gasteiger partial charge in [-0.2, -0.15) is 0 Å². The monoisotopic (exact) mass is 333 g/mol. The largest absolute Gasteiger partial charge is 0.493 e. The van der Waals surface area contributed by atoms with Gasteiger partial charge in [-0.25, -0.2) is 4.39 Å². The smallest absolute Gasteiger partial charge is 0.130 e. The maximum Gasteiger partial charge on any atom is 0.130 e. The van der Waals surface area contributed by atoms with Gasteiger partial charge in [-0.15, -0.1) is 12.4 Å². The lowest BCUT2D eigenvalue weighted by Gasteiger charge is -2.15. The Morgan fingerprint density at radius 1 is 1.22 bits per heavy atom. The summed E-state index contributed by atoms with van der Waals surface area (Å²) in [6.45, 7) is 2.44. The summed E-state index contributed by atoms with van der Waals surface area (Å²) in [6, 6.07) is 13.2. The lowest BCUT2D eigenvalue weighted by molar-refractivity contribution is 0.356. The quantitative estimate of drug-likeness (QED) is 0.807. The summed E-state index contributed by atoms with van der Waals surface area (Å²) < 4.78 is 19.0. The lowest BCUT2D eigenvalue weighted by Crippen LogP contribution is -2.17. The van der Waals surface area contributed by atoms with Crippen molar-refractivity contribution in [3.63, 3.8) is 0 Å². The van der Waals surface area contributed by atoms with E-state index < -0.39 is 0 Å². The summed E-state index contributed by atoms with van der Waals surface area (Å²) in [4.78, 5) is 2.20. The zero-order valence-electron chi connectivity index (χ0n) is 13.2. The van der Waals surface area contributed by atoms with E-state index in [1.807, 2.05) is 18.2 Å². The van der Waals surface area contributed by atoms with Gasteiger partial charge in [0, 0.05) is 25.1 Å². The van der Waals surface area contributed by atoms with Crippen LogP contribution in [0, 0.1) is 5.82 Å². The van der Waals surface area contributed by atoms with Gasteiger partial charge in [0.25, 0.3) is 0 Å². The van der Waals surface area contributed by atoms with Crippen molar-refractivity contribution in [3.05, 3.63) is 71.0 Å². The molecule has 0 saturated heterocycles. The molecule has 0 saturated carbocycles. The van der Waals surface area contributed by atoms with Crippen LogP contribution in [0.15, 0.2) is 48.5 Å². The van der Waals surface area contributed by atoms with Gasteiger partial charge < -0.3 is 4.74 Å². The summed E-state index contributed by atoms with van der Waals surface area (Å²) in [7, 11) is 2.06. The molecule has 0 aliphatic carbocycles. The fourth-order valence-electron chi connectivity index (χ4n) is 2.68. The summed E-state index contributed by atoms with van der Waals surface area (Å²) in [5.74, 6) is 0.839. The van der Waals surface area contributed by atoms with E-state index in [9.17, 15) is 4.39 Å². The number of fused-ring (bicyclic) bond motifs is 1. The molecule has 0 unspecified atom stereocenters. The predicted molar refractivity (Wildman–Crippen MR) is 94.7 cm³/mol. The molecule has 1 aliphatic heterocycles. The molecule has 4 heteroatoms. The Labute approximate surface area is 143 Å². The lowest BCUT2D eigenvalue weighted by atomic mass is 10.1. The summed E-state index contributed by atoms with van der Waals surface area (Å²) in [5, 5.41) is 0. The van der Waals surface area contributed by atoms with E-state index in [0.717, 1.165) is 31.9 Å². The second-order valence-electron chi connectivity index (χ2n) is 5.66. The Morgan fingerprint density at radius 3 is 2.87 bits per heavy atom. The van der Waals surface area contributed by atoms with Gasteiger partial charge in [-0.3, -0.25) is 4.90 Å². The third-order valence-corrected chi connectivity index (χ3v) is 3.83. The molecule has 3 rings (SSSR count). The predicted octanol–water partition coefficient (Wildman–Crippen LogP) is 4.33. The third kappa shape index (κ3) is 4.57. The molecule has 2 aromatic carbocycles. The molecule has 2 nitrogen and oxygen atoms in total. The van der Waals surface area contributed by atoms with Gasteiger partial charge >= 0.3 is 0 Å². The number of halogens is 2. The maximum atomic E-state index is 13.5. The molecule has 1 aliphatic rings. The molecule has 122 valence electrons. The van der Waals surface area contributed by atoms with Crippen LogP contribution in [-0.2, 0) is 13.0 Å². The molecule has 0 radical (unpaired) electrons. The minimum absolute atomic E-state index is 0. The van der Waals surface area contributed by atoms with Gasteiger partial charge in [0.1, 0.15) is 11.6 Å². The van der Waals surface area contributed by atoms with Crippen LogP contribution in [0.4, 0.5) is 4.39 Å². The molecule has 0 spiro atoms. The maximum absolute atomic E-state index is 13.5. The summed E-state index contributed by atoms with van der Waals surface area (Å²) in [5.41, 5.74) is 3.21. The number of hydrogen-bond donors (Lipinski definition) is 0. The first-order valence-electron chi connectivity index (χ1n) is 7.56. The summed E-state index contributed by atoms with van der Waals surface area (Å²) >= 11 is 0. The Kier molecular flexibility index (Phi) is 6.20. The van der Waals surface area contributed by atoms with Crippen LogP contribution < -0.4 is 4.74 Å². The highest BCUT2D eigenvalue weighted by atomic mass is 35.5. The molecule has 0 atom stereocenters. The van der Waals surface area contributed by atoms with Gasteiger partial charge in [-0.1, -0.05) is 42.5 Å². The molecule has 0 amide bonds. The normalized spacial score (nSPS) is 13.0. The van der Waals surface area contributed by atoms with Crippen LogP contribution >= 0.6 is 12.4 Å². The fourth-order valence-corrected chi connectivity index (χ4v) is 2.68. The van der Waals surface area contributed by atoms with E-state index in [4.69, 9.17) is 4.74 Å². The second-order valence-corrected chi connectivity index (χ2v) is 5.66. The van der Waals surface area contributed by atoms with Gasteiger partial charge in [0.2, 0.25) is 0 Å². The SMILES string of the molecule is CN(C/C=C/c1ccccc1F)Cc1ccc2c(c1)CCO2.Cl. The van der Waals surface area contributed by atoms with Gasteiger partial charge in [-0.05, 0) is 30.3 Å². The number of nitrogens with zero attached hydrogens (tertiary/aromatic N) is 1. The molecule has 23 heavy (non-hydrogen) atoms. The molecular formula is C19H21ClFNO. The van der Waals surface area contributed by atoms with Crippen molar-refractivity contribution >= 4 is 18.5 Å². The van der Waals surface area contributed by atoms with Crippen LogP contribution in [0.1, 0.15) is 16.7 Å². The van der Waals surface area contributed by atoms with E-state index in [2.05, 4.69) is 30.1 Å². The Hall–Kier alpha value is -1.84. The topological polar surface area (TPSA) is 12.5 Å². The molecule has 0 aromatic heterocycles. The summed E-state index contributed by atoms with van der Waals surface area (Å²) in [6.07, 6.45) is 4.83. The standard InChI is InChI=1S/C19H20FNO.ClH/c1-21(11-4-6-16-5-2-3-7-18(16)20)14-15-8-9-19-17(13-15)10-12-22-19;/h2-9,13H,10-12,14H2,1H3;1H/b6-4+;. The van der Waals surface area contributed by atoms with E-state index >= 15 is 0 Å². The van der Waals surface area contributed by atoms with E-state index in [0.29, 0.717) is 5.56 Å². The van der Waals surface area contributed by atoms with Crippen molar-refractivity contribution in [3.8, 4) is 5.75 Å². The Morgan fingerprint density at radius 2 is 2.04 bits per heavy atom. The number of ether oxygens (including phenoxy) is 1. The molecule has 2 aromatic rings. The first-order valence-corrected chi connectivity index (χ1v) is 7.56. The van der Waals surface area contributed by atoms with Crippen LogP contribution in [0.5, 0.6) is 5.75 Å². The van der Waals surface area contributed by atoms with E-state index in [-0.39, 0.29) is 18.2 Å². The minimum atomic E-state index is -0.181.